The Balaban J connectivity index is 1.27. The van der Waals surface area contributed by atoms with Gasteiger partial charge in [-0.05, 0) is 69.5 Å². The van der Waals surface area contributed by atoms with Crippen molar-refractivity contribution >= 4 is 11.9 Å². The van der Waals surface area contributed by atoms with E-state index >= 15 is 0 Å². The summed E-state index contributed by atoms with van der Waals surface area (Å²) in [7, 11) is 4.00. The van der Waals surface area contributed by atoms with Crippen molar-refractivity contribution < 1.29 is 23.1 Å². The number of carbonyl (C=O) groups excluding carboxylic acids is 1. The van der Waals surface area contributed by atoms with Gasteiger partial charge in [-0.3, -0.25) is 4.79 Å². The lowest BCUT2D eigenvalue weighted by atomic mass is 10.1. The van der Waals surface area contributed by atoms with Crippen LogP contribution in [0.3, 0.4) is 0 Å². The van der Waals surface area contributed by atoms with Gasteiger partial charge in [0.1, 0.15) is 17.4 Å². The lowest BCUT2D eigenvalue weighted by Gasteiger charge is -2.28. The molecule has 0 atom stereocenters. The van der Waals surface area contributed by atoms with Crippen molar-refractivity contribution in [3.05, 3.63) is 72.3 Å². The zero-order chi connectivity index (χ0) is 28.6. The molecule has 0 radical (unpaired) electrons. The molecule has 41 heavy (non-hydrogen) atoms. The van der Waals surface area contributed by atoms with E-state index in [-0.39, 0.29) is 30.9 Å². The molecule has 3 N–H and O–H groups in total. The van der Waals surface area contributed by atoms with Crippen LogP contribution in [-0.4, -0.2) is 77.4 Å². The number of furan rings is 1. The molecule has 5 rings (SSSR count). The Hall–Kier alpha value is -4.13. The van der Waals surface area contributed by atoms with E-state index in [0.29, 0.717) is 48.4 Å². The van der Waals surface area contributed by atoms with Crippen molar-refractivity contribution in [3.8, 4) is 22.6 Å². The summed E-state index contributed by atoms with van der Waals surface area (Å²) in [6.07, 6.45) is 3.91. The van der Waals surface area contributed by atoms with Gasteiger partial charge in [0.05, 0.1) is 55.4 Å². The first-order valence-corrected chi connectivity index (χ1v) is 13.5. The van der Waals surface area contributed by atoms with E-state index in [1.54, 1.807) is 30.7 Å². The summed E-state index contributed by atoms with van der Waals surface area (Å²) in [4.78, 5) is 31.7. The van der Waals surface area contributed by atoms with Crippen LogP contribution in [0.4, 0.5) is 10.3 Å². The van der Waals surface area contributed by atoms with Gasteiger partial charge < -0.3 is 34.4 Å². The monoisotopic (exact) mass is 563 g/mol. The molecule has 4 aromatic rings. The second kappa shape index (κ2) is 13.5. The molecule has 3 aromatic heterocycles. The molecule has 11 nitrogen and oxygen atoms in total. The summed E-state index contributed by atoms with van der Waals surface area (Å²) in [6, 6.07) is 11.6. The first-order chi connectivity index (χ1) is 19.9. The number of hydrogen-bond donors (Lipinski definition) is 3. The third-order valence-electron chi connectivity index (χ3n) is 6.56. The lowest BCUT2D eigenvalue weighted by molar-refractivity contribution is -0.200. The maximum Gasteiger partial charge on any atom is 0.227 e. The molecule has 0 aliphatic carbocycles. The normalized spacial score (nSPS) is 17.1. The number of amides is 1. The van der Waals surface area contributed by atoms with Crippen molar-refractivity contribution in [1.29, 1.82) is 0 Å². The molecule has 0 unspecified atom stereocenters. The number of anilines is 1. The number of nitrogens with zero attached hydrogens (tertiary/aromatic N) is 4. The molecule has 1 aliphatic heterocycles. The number of ether oxygens (including phenoxy) is 2. The largest absolute Gasteiger partial charge is 0.467 e. The highest BCUT2D eigenvalue weighted by Gasteiger charge is 2.29. The minimum atomic E-state index is -0.566. The average molecular weight is 564 g/mol. The molecule has 1 aromatic carbocycles. The van der Waals surface area contributed by atoms with Crippen LogP contribution in [0.5, 0.6) is 0 Å². The maximum atomic E-state index is 13.7. The van der Waals surface area contributed by atoms with E-state index < -0.39 is 6.29 Å². The first-order valence-electron chi connectivity index (χ1n) is 13.5. The summed E-state index contributed by atoms with van der Waals surface area (Å²) in [5.74, 6) is 1.02. The highest BCUT2D eigenvalue weighted by atomic mass is 19.1. The molecule has 12 heteroatoms. The van der Waals surface area contributed by atoms with Gasteiger partial charge in [-0.25, -0.2) is 19.3 Å². The number of nitrogens with one attached hydrogen (secondary N) is 3. The molecule has 1 fully saturated rings. The summed E-state index contributed by atoms with van der Waals surface area (Å²) in [6.45, 7) is 2.48. The van der Waals surface area contributed by atoms with Gasteiger partial charge in [-0.1, -0.05) is 0 Å². The Kier molecular flexibility index (Phi) is 9.34. The van der Waals surface area contributed by atoms with E-state index in [2.05, 4.69) is 30.5 Å². The highest BCUT2D eigenvalue weighted by molar-refractivity contribution is 5.79. The van der Waals surface area contributed by atoms with E-state index in [1.165, 1.54) is 12.1 Å². The molecule has 0 bridgehead atoms. The lowest BCUT2D eigenvalue weighted by Crippen LogP contribution is -2.43. The van der Waals surface area contributed by atoms with E-state index in [4.69, 9.17) is 18.9 Å². The molecular formula is C29H34FN7O4. The molecule has 0 saturated carbocycles. The fourth-order valence-electron chi connectivity index (χ4n) is 4.40. The van der Waals surface area contributed by atoms with E-state index in [0.717, 1.165) is 24.3 Å². The van der Waals surface area contributed by atoms with E-state index in [1.807, 2.05) is 26.2 Å². The Labute approximate surface area is 237 Å². The molecule has 216 valence electrons. The second-order valence-electron chi connectivity index (χ2n) is 10.1. The van der Waals surface area contributed by atoms with Crippen LogP contribution in [0.1, 0.15) is 18.0 Å². The topological polar surface area (TPSA) is 130 Å². The van der Waals surface area contributed by atoms with Crippen LogP contribution in [0, 0.1) is 11.7 Å². The van der Waals surface area contributed by atoms with Gasteiger partial charge in [0.2, 0.25) is 11.9 Å². The Morgan fingerprint density at radius 2 is 1.93 bits per heavy atom. The summed E-state index contributed by atoms with van der Waals surface area (Å²) in [5, 5.41) is 6.11. The van der Waals surface area contributed by atoms with Gasteiger partial charge in [0.15, 0.2) is 6.29 Å². The minimum absolute atomic E-state index is 0.0682. The smallest absolute Gasteiger partial charge is 0.227 e. The molecule has 0 spiro atoms. The number of imidazole rings is 1. The molecule has 1 amide bonds. The Morgan fingerprint density at radius 3 is 2.66 bits per heavy atom. The highest BCUT2D eigenvalue weighted by Crippen LogP contribution is 2.30. The maximum absolute atomic E-state index is 13.7. The number of aromatic nitrogens is 4. The van der Waals surface area contributed by atoms with Gasteiger partial charge >= 0.3 is 0 Å². The zero-order valence-electron chi connectivity index (χ0n) is 23.1. The Morgan fingerprint density at radius 1 is 1.12 bits per heavy atom. The van der Waals surface area contributed by atoms with Crippen molar-refractivity contribution in [2.75, 3.05) is 45.7 Å². The van der Waals surface area contributed by atoms with Gasteiger partial charge in [-0.2, -0.15) is 0 Å². The second-order valence-corrected chi connectivity index (χ2v) is 10.1. The standard InChI is InChI=1S/C29H34FN7O4/c1-37(2)13-4-11-31-28(38)20-17-40-25(41-18-20)15-24-35-26(19-6-8-21(30)9-7-19)27(36-24)23-10-12-32-29(34-23)33-16-22-5-3-14-39-22/h3,5-10,12,14,20,25H,4,11,13,15-18H2,1-2H3,(H,31,38)(H,35,36)(H,32,33,34). The van der Waals surface area contributed by atoms with Crippen molar-refractivity contribution in [3.63, 3.8) is 0 Å². The first kappa shape index (κ1) is 28.4. The number of hydrogen-bond acceptors (Lipinski definition) is 9. The number of benzene rings is 1. The Bertz CT molecular complexity index is 1400. The summed E-state index contributed by atoms with van der Waals surface area (Å²) < 4.78 is 30.8. The van der Waals surface area contributed by atoms with Crippen LogP contribution in [-0.2, 0) is 27.2 Å². The fourth-order valence-corrected chi connectivity index (χ4v) is 4.40. The van der Waals surface area contributed by atoms with Crippen molar-refractivity contribution in [2.24, 2.45) is 5.92 Å². The molecule has 1 saturated heterocycles. The predicted molar refractivity (Wildman–Crippen MR) is 150 cm³/mol. The van der Waals surface area contributed by atoms with Crippen LogP contribution >= 0.6 is 0 Å². The van der Waals surface area contributed by atoms with Gasteiger partial charge in [0.25, 0.3) is 0 Å². The number of carbonyl (C=O) groups is 1. The summed E-state index contributed by atoms with van der Waals surface area (Å²) >= 11 is 0. The van der Waals surface area contributed by atoms with Crippen LogP contribution in [0.2, 0.25) is 0 Å². The average Bonchev–Trinajstić information content (AvgIpc) is 3.65. The fraction of sp³-hybridized carbons (Fsp3) is 0.379. The molecule has 4 heterocycles. The minimum Gasteiger partial charge on any atom is -0.467 e. The summed E-state index contributed by atoms with van der Waals surface area (Å²) in [5.41, 5.74) is 2.60. The van der Waals surface area contributed by atoms with Gasteiger partial charge in [0, 0.05) is 18.3 Å². The van der Waals surface area contributed by atoms with Crippen molar-refractivity contribution in [1.82, 2.24) is 30.2 Å². The number of rotatable bonds is 12. The third-order valence-corrected chi connectivity index (χ3v) is 6.56. The van der Waals surface area contributed by atoms with Crippen LogP contribution in [0.15, 0.2) is 59.3 Å². The SMILES string of the molecule is CN(C)CCCNC(=O)C1COC(Cc2nc(-c3ccc(F)cc3)c(-c3ccnc(NCc4ccco4)n3)[nH]2)OC1. The predicted octanol–water partition coefficient (Wildman–Crippen LogP) is 3.48. The third kappa shape index (κ3) is 7.75. The van der Waals surface area contributed by atoms with Crippen LogP contribution < -0.4 is 10.6 Å². The number of aromatic amines is 1. The number of halogens is 1. The zero-order valence-corrected chi connectivity index (χ0v) is 23.1. The number of H-pyrrole nitrogens is 1. The van der Waals surface area contributed by atoms with Crippen molar-refractivity contribution in [2.45, 2.75) is 25.7 Å². The van der Waals surface area contributed by atoms with Gasteiger partial charge in [-0.15, -0.1) is 0 Å². The molecule has 1 aliphatic rings. The quantitative estimate of drug-likeness (QED) is 0.222. The molecular weight excluding hydrogens is 529 g/mol. The van der Waals surface area contributed by atoms with E-state index in [9.17, 15) is 9.18 Å². The van der Waals surface area contributed by atoms with Crippen LogP contribution in [0.25, 0.3) is 22.6 Å².